The van der Waals surface area contributed by atoms with E-state index in [0.717, 1.165) is 129 Å². The highest BCUT2D eigenvalue weighted by Gasteiger charge is 2.47. The maximum Gasteiger partial charge on any atom is 0.252 e. The summed E-state index contributed by atoms with van der Waals surface area (Å²) in [5.41, 5.74) is 36.4. The molecule has 5 heterocycles. The first kappa shape index (κ1) is 72.3. The second-order valence-electron chi connectivity index (χ2n) is 36.9. The summed E-state index contributed by atoms with van der Waals surface area (Å²) in [6.07, 6.45) is 0. The Morgan fingerprint density at radius 2 is 0.500 bits per heavy atom. The van der Waals surface area contributed by atoms with Crippen LogP contribution >= 0.6 is 0 Å². The lowest BCUT2D eigenvalue weighted by Crippen LogP contribution is -2.61. The summed E-state index contributed by atoms with van der Waals surface area (Å²) in [5, 5.41) is 7.33. The van der Waals surface area contributed by atoms with Gasteiger partial charge in [0.2, 0.25) is 0 Å². The quantitative estimate of drug-likeness (QED) is 0.127. The Morgan fingerprint density at radius 1 is 0.203 bits per heavy atom. The highest BCUT2D eigenvalue weighted by Crippen LogP contribution is 2.56. The topological polar surface area (TPSA) is 21.3 Å². The van der Waals surface area contributed by atoms with Gasteiger partial charge >= 0.3 is 0 Å². The van der Waals surface area contributed by atoms with Gasteiger partial charge in [-0.1, -0.05) is 320 Å². The zero-order valence-corrected chi connectivity index (χ0v) is 69.3. The highest BCUT2D eigenvalue weighted by atomic mass is 15.2. The van der Waals surface area contributed by atoms with Gasteiger partial charge in [-0.15, -0.1) is 0 Å². The molecular formula is C112H94BN5. The first-order chi connectivity index (χ1) is 57.1. The fraction of sp³-hybridized carbons (Fsp3) is 0.143. The molecule has 0 unspecified atom stereocenters. The van der Waals surface area contributed by atoms with Gasteiger partial charge in [0.25, 0.3) is 6.71 Å². The molecule has 0 aliphatic carbocycles. The van der Waals surface area contributed by atoms with E-state index in [4.69, 9.17) is 0 Å². The number of nitrogens with zero attached hydrogens (tertiary/aromatic N) is 5. The number of benzene rings is 16. The lowest BCUT2D eigenvalue weighted by molar-refractivity contribution is 0.590. The fourth-order valence-electron chi connectivity index (χ4n) is 19.3. The molecule has 570 valence electrons. The number of fused-ring (bicyclic) bond motifs is 13. The maximum atomic E-state index is 2.76. The molecule has 0 bridgehead atoms. The van der Waals surface area contributed by atoms with Crippen molar-refractivity contribution in [2.45, 2.75) is 105 Å². The van der Waals surface area contributed by atoms with Gasteiger partial charge in [0.1, 0.15) is 0 Å². The third-order valence-corrected chi connectivity index (χ3v) is 25.4. The van der Waals surface area contributed by atoms with Gasteiger partial charge in [0.05, 0.1) is 50.2 Å². The number of rotatable bonds is 10. The molecule has 2 aliphatic heterocycles. The molecule has 2 aliphatic rings. The van der Waals surface area contributed by atoms with Crippen molar-refractivity contribution in [3.05, 3.63) is 374 Å². The zero-order chi connectivity index (χ0) is 80.4. The minimum absolute atomic E-state index is 0.116. The minimum Gasteiger partial charge on any atom is -0.310 e. The predicted octanol–water partition coefficient (Wildman–Crippen LogP) is 28.6. The molecule has 5 nitrogen and oxygen atoms in total. The van der Waals surface area contributed by atoms with Gasteiger partial charge in [-0.25, -0.2) is 0 Å². The summed E-state index contributed by atoms with van der Waals surface area (Å²) in [6.45, 7) is 28.0. The molecule has 0 amide bonds. The number of hydrogen-bond donors (Lipinski definition) is 0. The smallest absolute Gasteiger partial charge is 0.252 e. The van der Waals surface area contributed by atoms with Gasteiger partial charge in [0.15, 0.2) is 0 Å². The lowest BCUT2D eigenvalue weighted by atomic mass is 9.33. The van der Waals surface area contributed by atoms with Crippen LogP contribution in [-0.2, 0) is 21.7 Å². The largest absolute Gasteiger partial charge is 0.310 e. The Balaban J connectivity index is 0.953. The summed E-state index contributed by atoms with van der Waals surface area (Å²) in [4.78, 5) is 5.50. The molecule has 0 N–H and O–H groups in total. The van der Waals surface area contributed by atoms with Crippen LogP contribution in [0.4, 0.5) is 34.1 Å². The Morgan fingerprint density at radius 3 is 0.898 bits per heavy atom. The Hall–Kier alpha value is -13.4. The van der Waals surface area contributed by atoms with E-state index in [1.54, 1.807) is 0 Å². The molecule has 6 heteroatoms. The van der Waals surface area contributed by atoms with Crippen LogP contribution in [0.2, 0.25) is 0 Å². The van der Waals surface area contributed by atoms with Crippen molar-refractivity contribution in [1.82, 2.24) is 13.7 Å². The van der Waals surface area contributed by atoms with Gasteiger partial charge in [-0.05, 0) is 209 Å². The zero-order valence-electron chi connectivity index (χ0n) is 69.3. The molecular weight excluding hydrogens is 1430 g/mol. The van der Waals surface area contributed by atoms with E-state index in [-0.39, 0.29) is 28.4 Å². The third kappa shape index (κ3) is 11.7. The van der Waals surface area contributed by atoms with Crippen LogP contribution in [0.5, 0.6) is 0 Å². The maximum absolute atomic E-state index is 2.76. The molecule has 0 radical (unpaired) electrons. The van der Waals surface area contributed by atoms with Crippen molar-refractivity contribution >= 4 is 123 Å². The van der Waals surface area contributed by atoms with Crippen LogP contribution < -0.4 is 26.2 Å². The van der Waals surface area contributed by atoms with E-state index in [2.05, 4.69) is 458 Å². The summed E-state index contributed by atoms with van der Waals surface area (Å²) < 4.78 is 7.62. The first-order valence-electron chi connectivity index (χ1n) is 41.9. The predicted molar refractivity (Wildman–Crippen MR) is 505 cm³/mol. The summed E-state index contributed by atoms with van der Waals surface area (Å²) in [7, 11) is 0. The Bertz CT molecular complexity index is 7010. The van der Waals surface area contributed by atoms with Crippen molar-refractivity contribution in [2.24, 2.45) is 0 Å². The van der Waals surface area contributed by atoms with Gasteiger partial charge in [-0.2, -0.15) is 0 Å². The Labute approximate surface area is 693 Å². The summed E-state index contributed by atoms with van der Waals surface area (Å²) in [5.74, 6) is 0. The molecule has 3 aromatic heterocycles. The SMILES string of the molecule is CC(C)(C)c1cc(-c2ccccc2)c(N2c3cc(-c4ccccc4)ccc3B3c4ccc(-n5c6ccccc6c6cc(-n7c8ccccc8c8ccccc87)ccc65)cc4N(c4c(-c5ccccc5)cc(C(C)(C)C)cc4-c4ccccc4)c4cc(-n5c6ccc(C(C)(C)C)cc6c6cc(C(C)(C)C)ccc65)cc2c43)c(-c2ccccc2)c1. The molecule has 0 spiro atoms. The molecule has 19 aromatic rings. The van der Waals surface area contributed by atoms with Crippen LogP contribution in [0, 0.1) is 0 Å². The van der Waals surface area contributed by atoms with E-state index in [1.165, 1.54) is 82.0 Å². The third-order valence-electron chi connectivity index (χ3n) is 25.4. The molecule has 0 atom stereocenters. The molecule has 0 fully saturated rings. The minimum atomic E-state index is -0.299. The average Bonchev–Trinajstić information content (AvgIpc) is 0.747. The number of anilines is 6. The van der Waals surface area contributed by atoms with Crippen molar-refractivity contribution < 1.29 is 0 Å². The van der Waals surface area contributed by atoms with Crippen molar-refractivity contribution in [3.63, 3.8) is 0 Å². The lowest BCUT2D eigenvalue weighted by Gasteiger charge is -2.46. The number of aromatic nitrogens is 3. The van der Waals surface area contributed by atoms with E-state index >= 15 is 0 Å². The number of hydrogen-bond acceptors (Lipinski definition) is 2. The van der Waals surface area contributed by atoms with Crippen LogP contribution in [0.1, 0.15) is 105 Å². The monoisotopic (exact) mass is 1520 g/mol. The molecule has 16 aromatic carbocycles. The molecule has 0 saturated carbocycles. The van der Waals surface area contributed by atoms with Crippen molar-refractivity contribution in [3.8, 4) is 72.7 Å². The van der Waals surface area contributed by atoms with Crippen molar-refractivity contribution in [2.75, 3.05) is 9.80 Å². The van der Waals surface area contributed by atoms with E-state index in [1.807, 2.05) is 0 Å². The van der Waals surface area contributed by atoms with Crippen molar-refractivity contribution in [1.29, 1.82) is 0 Å². The van der Waals surface area contributed by atoms with Gasteiger partial charge in [-0.3, -0.25) is 0 Å². The average molecular weight is 1520 g/mol. The Kier molecular flexibility index (Phi) is 16.6. The number of para-hydroxylation sites is 3. The fourth-order valence-corrected chi connectivity index (χ4v) is 19.3. The summed E-state index contributed by atoms with van der Waals surface area (Å²) in [6, 6.07) is 135. The van der Waals surface area contributed by atoms with Crippen LogP contribution in [0.15, 0.2) is 352 Å². The van der Waals surface area contributed by atoms with E-state index in [9.17, 15) is 0 Å². The first-order valence-corrected chi connectivity index (χ1v) is 41.9. The second kappa shape index (κ2) is 27.1. The van der Waals surface area contributed by atoms with E-state index in [0.29, 0.717) is 0 Å². The second-order valence-corrected chi connectivity index (χ2v) is 36.9. The molecule has 0 saturated heterocycles. The van der Waals surface area contributed by atoms with Gasteiger partial charge in [0, 0.05) is 88.7 Å². The molecule has 21 rings (SSSR count). The van der Waals surface area contributed by atoms with Crippen LogP contribution in [-0.4, -0.2) is 20.4 Å². The van der Waals surface area contributed by atoms with Gasteiger partial charge < -0.3 is 23.5 Å². The normalized spacial score (nSPS) is 13.0. The van der Waals surface area contributed by atoms with E-state index < -0.39 is 0 Å². The molecule has 118 heavy (non-hydrogen) atoms. The van der Waals surface area contributed by atoms with Crippen LogP contribution in [0.25, 0.3) is 138 Å². The standard InChI is InChI=1S/C112H94BN5/c1-109(2,3)77-51-57-99-91(61-77)92-62-78(110(4,5)6)52-58-100(92)116(99)83-69-104-106-105(70-83)118(108-89(74-40-24-16-25-41-74)65-80(112(10,11)12)66-90(108)75-42-26-17-27-43-75)103-68-82(115-98-49-33-30-46-86(98)93-67-81(54-59-101(93)115)114-96-47-31-28-44-84(96)85-45-29-32-48-97(85)114)53-56-95(103)113(106)94-55-50-76(71-34-18-13-19-35-71)60-102(94)117(104)107-87(72-36-20-14-21-37-72)63-79(111(7,8)9)64-88(107)73-38-22-15-23-39-73/h13-70H,1-12H3. The van der Waals surface area contributed by atoms with Crippen LogP contribution in [0.3, 0.4) is 0 Å². The highest BCUT2D eigenvalue weighted by molar-refractivity contribution is 7.00. The summed E-state index contributed by atoms with van der Waals surface area (Å²) >= 11 is 0.